The molecule has 11 heteroatoms. The molecular formula is C18H15ClF2N4O3S. The van der Waals surface area contributed by atoms with E-state index in [4.69, 9.17) is 16.7 Å². The lowest BCUT2D eigenvalue weighted by Gasteiger charge is -2.12. The number of alkyl halides is 2. The third kappa shape index (κ3) is 4.97. The fourth-order valence-corrected chi connectivity index (χ4v) is 3.61. The van der Waals surface area contributed by atoms with E-state index in [1.807, 2.05) is 0 Å². The zero-order chi connectivity index (χ0) is 21.2. The fraction of sp³-hybridized carbons (Fsp3) is 0.111. The van der Waals surface area contributed by atoms with Crippen molar-refractivity contribution in [3.05, 3.63) is 71.0 Å². The summed E-state index contributed by atoms with van der Waals surface area (Å²) < 4.78 is 51.3. The molecule has 7 nitrogen and oxygen atoms in total. The van der Waals surface area contributed by atoms with E-state index in [1.165, 1.54) is 47.4 Å². The van der Waals surface area contributed by atoms with Gasteiger partial charge in [-0.1, -0.05) is 35.9 Å². The number of hydrogen-bond acceptors (Lipinski definition) is 4. The Balaban J connectivity index is 1.88. The molecule has 1 heterocycles. The first-order chi connectivity index (χ1) is 13.6. The largest absolute Gasteiger partial charge is 0.326 e. The van der Waals surface area contributed by atoms with Gasteiger partial charge in [-0.15, -0.1) is 0 Å². The molecule has 3 N–H and O–H groups in total. The average molecular weight is 441 g/mol. The molecule has 0 radical (unpaired) electrons. The van der Waals surface area contributed by atoms with Gasteiger partial charge in [0.25, 0.3) is 6.43 Å². The molecule has 3 aromatic rings. The van der Waals surface area contributed by atoms with E-state index in [0.717, 1.165) is 6.07 Å². The van der Waals surface area contributed by atoms with Crippen LogP contribution in [0.15, 0.2) is 59.8 Å². The minimum atomic E-state index is -4.16. The Morgan fingerprint density at radius 2 is 1.97 bits per heavy atom. The topological polar surface area (TPSA) is 107 Å². The van der Waals surface area contributed by atoms with Gasteiger partial charge >= 0.3 is 0 Å². The molecule has 152 valence electrons. The van der Waals surface area contributed by atoms with E-state index in [0.29, 0.717) is 5.02 Å². The molecule has 0 aliphatic heterocycles. The predicted molar refractivity (Wildman–Crippen MR) is 104 cm³/mol. The second-order valence-corrected chi connectivity index (χ2v) is 8.02. The van der Waals surface area contributed by atoms with Gasteiger partial charge < -0.3 is 5.32 Å². The average Bonchev–Trinajstić information content (AvgIpc) is 3.07. The Bertz CT molecular complexity index is 1170. The van der Waals surface area contributed by atoms with Gasteiger partial charge in [0.15, 0.2) is 0 Å². The van der Waals surface area contributed by atoms with Gasteiger partial charge in [0, 0.05) is 17.4 Å². The van der Waals surface area contributed by atoms with E-state index < -0.39 is 22.4 Å². The first-order valence-corrected chi connectivity index (χ1v) is 10.1. The molecule has 2 aromatic carbocycles. The van der Waals surface area contributed by atoms with Crippen LogP contribution in [0.2, 0.25) is 5.02 Å². The number of hydrogen-bond donors (Lipinski definition) is 2. The summed E-state index contributed by atoms with van der Waals surface area (Å²) in [6.45, 7) is 0. The van der Waals surface area contributed by atoms with Crippen LogP contribution < -0.4 is 10.5 Å². The third-order valence-corrected chi connectivity index (χ3v) is 5.12. The van der Waals surface area contributed by atoms with E-state index in [1.54, 1.807) is 6.07 Å². The highest BCUT2D eigenvalue weighted by molar-refractivity contribution is 7.89. The summed E-state index contributed by atoms with van der Waals surface area (Å²) in [6.07, 6.45) is -0.301. The number of amides is 1. The van der Waals surface area contributed by atoms with Crippen molar-refractivity contribution in [2.45, 2.75) is 17.7 Å². The summed E-state index contributed by atoms with van der Waals surface area (Å²) in [6, 6.07) is 9.69. The van der Waals surface area contributed by atoms with Crippen molar-refractivity contribution in [3.63, 3.8) is 0 Å². The SMILES string of the molecule is NS(=O)(=O)c1cc(NC(=O)Cc2ccccc2C(F)F)ccc1-n1cc(Cl)cn1. The maximum absolute atomic E-state index is 13.1. The molecule has 0 unspecified atom stereocenters. The minimum Gasteiger partial charge on any atom is -0.326 e. The summed E-state index contributed by atoms with van der Waals surface area (Å²) in [5, 5.41) is 12.0. The molecule has 0 bridgehead atoms. The zero-order valence-corrected chi connectivity index (χ0v) is 16.3. The maximum Gasteiger partial charge on any atom is 0.264 e. The van der Waals surface area contributed by atoms with Gasteiger partial charge in [-0.2, -0.15) is 5.10 Å². The van der Waals surface area contributed by atoms with Gasteiger partial charge in [0.05, 0.1) is 23.3 Å². The van der Waals surface area contributed by atoms with Crippen LogP contribution in [0.5, 0.6) is 0 Å². The number of carbonyl (C=O) groups is 1. The van der Waals surface area contributed by atoms with Crippen molar-refractivity contribution < 1.29 is 22.0 Å². The van der Waals surface area contributed by atoms with Crippen LogP contribution in [-0.2, 0) is 21.2 Å². The number of benzene rings is 2. The van der Waals surface area contributed by atoms with Crippen molar-refractivity contribution in [2.75, 3.05) is 5.32 Å². The Morgan fingerprint density at radius 1 is 1.24 bits per heavy atom. The number of nitrogens with two attached hydrogens (primary N) is 1. The molecule has 0 atom stereocenters. The normalized spacial score (nSPS) is 11.6. The number of primary sulfonamides is 1. The second-order valence-electron chi connectivity index (χ2n) is 6.06. The summed E-state index contributed by atoms with van der Waals surface area (Å²) >= 11 is 5.81. The standard InChI is InChI=1S/C18H15ClF2N4O3S/c19-12-9-23-25(10-12)15-6-5-13(8-16(15)29(22,27)28)24-17(26)7-11-3-1-2-4-14(11)18(20)21/h1-6,8-10,18H,7H2,(H,24,26)(H2,22,27,28). The lowest BCUT2D eigenvalue weighted by Crippen LogP contribution is -2.18. The molecule has 1 aromatic heterocycles. The fourth-order valence-electron chi connectivity index (χ4n) is 2.73. The molecule has 29 heavy (non-hydrogen) atoms. The number of carbonyl (C=O) groups excluding carboxylic acids is 1. The van der Waals surface area contributed by atoms with Crippen LogP contribution in [0, 0.1) is 0 Å². The summed E-state index contributed by atoms with van der Waals surface area (Å²) in [5.74, 6) is -0.589. The molecule has 0 aliphatic carbocycles. The smallest absolute Gasteiger partial charge is 0.264 e. The first-order valence-electron chi connectivity index (χ1n) is 8.18. The molecule has 3 rings (SSSR count). The second kappa shape index (κ2) is 8.27. The quantitative estimate of drug-likeness (QED) is 0.613. The highest BCUT2D eigenvalue weighted by Gasteiger charge is 2.19. The number of sulfonamides is 1. The summed E-state index contributed by atoms with van der Waals surface area (Å²) in [7, 11) is -4.16. The Hall–Kier alpha value is -2.82. The van der Waals surface area contributed by atoms with E-state index in [2.05, 4.69) is 10.4 Å². The van der Waals surface area contributed by atoms with Crippen molar-refractivity contribution >= 4 is 33.2 Å². The number of nitrogens with one attached hydrogen (secondary N) is 1. The molecular weight excluding hydrogens is 426 g/mol. The van der Waals surface area contributed by atoms with Crippen molar-refractivity contribution in [3.8, 4) is 5.69 Å². The van der Waals surface area contributed by atoms with Crippen LogP contribution in [0.25, 0.3) is 5.69 Å². The number of anilines is 1. The van der Waals surface area contributed by atoms with E-state index in [-0.39, 0.29) is 33.8 Å². The highest BCUT2D eigenvalue weighted by Crippen LogP contribution is 2.25. The van der Waals surface area contributed by atoms with Crippen LogP contribution in [0.1, 0.15) is 17.6 Å². The van der Waals surface area contributed by atoms with Crippen LogP contribution >= 0.6 is 11.6 Å². The van der Waals surface area contributed by atoms with Crippen molar-refractivity contribution in [1.82, 2.24) is 9.78 Å². The maximum atomic E-state index is 13.1. The van der Waals surface area contributed by atoms with E-state index >= 15 is 0 Å². The minimum absolute atomic E-state index is 0.135. The summed E-state index contributed by atoms with van der Waals surface area (Å²) in [4.78, 5) is 12.0. The number of nitrogens with zero attached hydrogens (tertiary/aromatic N) is 2. The molecule has 0 fully saturated rings. The molecule has 0 saturated carbocycles. The molecule has 0 saturated heterocycles. The lowest BCUT2D eigenvalue weighted by atomic mass is 10.0. The van der Waals surface area contributed by atoms with Crippen molar-refractivity contribution in [1.29, 1.82) is 0 Å². The number of rotatable bonds is 6. The monoisotopic (exact) mass is 440 g/mol. The summed E-state index contributed by atoms with van der Waals surface area (Å²) in [5.41, 5.74) is 0.212. The van der Waals surface area contributed by atoms with E-state index in [9.17, 15) is 22.0 Å². The van der Waals surface area contributed by atoms with Crippen LogP contribution in [0.3, 0.4) is 0 Å². The van der Waals surface area contributed by atoms with Crippen LogP contribution in [-0.4, -0.2) is 24.1 Å². The van der Waals surface area contributed by atoms with Crippen molar-refractivity contribution in [2.24, 2.45) is 5.14 Å². The lowest BCUT2D eigenvalue weighted by molar-refractivity contribution is -0.115. The third-order valence-electron chi connectivity index (χ3n) is 3.99. The van der Waals surface area contributed by atoms with Gasteiger partial charge in [0.2, 0.25) is 15.9 Å². The first kappa shape index (κ1) is 20.9. The van der Waals surface area contributed by atoms with Gasteiger partial charge in [-0.3, -0.25) is 4.79 Å². The predicted octanol–water partition coefficient (Wildman–Crippen LogP) is 3.29. The molecule has 0 spiro atoms. The molecule has 1 amide bonds. The Labute approximate surface area is 170 Å². The van der Waals surface area contributed by atoms with Gasteiger partial charge in [-0.05, 0) is 23.8 Å². The van der Waals surface area contributed by atoms with Crippen LogP contribution in [0.4, 0.5) is 14.5 Å². The Morgan fingerprint density at radius 3 is 2.59 bits per heavy atom. The van der Waals surface area contributed by atoms with Gasteiger partial charge in [-0.25, -0.2) is 27.0 Å². The number of aromatic nitrogens is 2. The molecule has 0 aliphatic rings. The van der Waals surface area contributed by atoms with Gasteiger partial charge in [0.1, 0.15) is 4.90 Å². The number of halogens is 3. The Kier molecular flexibility index (Phi) is 5.96. The zero-order valence-electron chi connectivity index (χ0n) is 14.7. The highest BCUT2D eigenvalue weighted by atomic mass is 35.5.